The lowest BCUT2D eigenvalue weighted by molar-refractivity contribution is 0.0993. The Labute approximate surface area is 219 Å². The Hall–Kier alpha value is -3.70. The van der Waals surface area contributed by atoms with Crippen LogP contribution in [0.3, 0.4) is 0 Å². The van der Waals surface area contributed by atoms with E-state index in [4.69, 9.17) is 15.5 Å². The summed E-state index contributed by atoms with van der Waals surface area (Å²) in [4.78, 5) is 20.5. The molecule has 0 unspecified atom stereocenters. The zero-order chi connectivity index (χ0) is 25.8. The van der Waals surface area contributed by atoms with E-state index in [0.717, 1.165) is 34.1 Å². The summed E-state index contributed by atoms with van der Waals surface area (Å²) in [5.41, 5.74) is 14.1. The number of aromatic nitrogens is 1. The van der Waals surface area contributed by atoms with Crippen molar-refractivity contribution < 1.29 is 9.53 Å². The Morgan fingerprint density at radius 3 is 2.57 bits per heavy atom. The number of ketones is 1. The van der Waals surface area contributed by atoms with Crippen LogP contribution in [0.1, 0.15) is 53.1 Å². The molecule has 2 N–H and O–H groups in total. The first kappa shape index (κ1) is 25.0. The van der Waals surface area contributed by atoms with Crippen LogP contribution < -0.4 is 10.6 Å². The first-order valence-corrected chi connectivity index (χ1v) is 13.1. The van der Waals surface area contributed by atoms with Crippen molar-refractivity contribution in [2.75, 3.05) is 37.9 Å². The molecule has 0 aliphatic heterocycles. The third kappa shape index (κ3) is 5.37. The highest BCUT2D eigenvalue weighted by Crippen LogP contribution is 2.42. The predicted octanol–water partition coefficient (Wildman–Crippen LogP) is 6.65. The first-order valence-electron chi connectivity index (χ1n) is 13.1. The molecule has 0 amide bonds. The number of hydrogen-bond donors (Lipinski definition) is 1. The largest absolute Gasteiger partial charge is 0.398 e. The zero-order valence-corrected chi connectivity index (χ0v) is 21.7. The van der Waals surface area contributed by atoms with E-state index in [2.05, 4.69) is 36.2 Å². The van der Waals surface area contributed by atoms with Gasteiger partial charge in [0.15, 0.2) is 5.78 Å². The van der Waals surface area contributed by atoms with Crippen molar-refractivity contribution in [1.82, 2.24) is 4.98 Å². The Balaban J connectivity index is 1.46. The van der Waals surface area contributed by atoms with Crippen molar-refractivity contribution in [2.24, 2.45) is 0 Å². The van der Waals surface area contributed by atoms with E-state index in [9.17, 15) is 4.79 Å². The summed E-state index contributed by atoms with van der Waals surface area (Å²) in [6.07, 6.45) is 6.87. The molecule has 1 heterocycles. The number of ether oxygens (including phenoxy) is 1. The maximum absolute atomic E-state index is 13.4. The summed E-state index contributed by atoms with van der Waals surface area (Å²) in [6, 6.07) is 22.3. The summed E-state index contributed by atoms with van der Waals surface area (Å²) < 4.78 is 5.31. The van der Waals surface area contributed by atoms with Crippen LogP contribution in [0.15, 0.2) is 72.9 Å². The van der Waals surface area contributed by atoms with E-state index >= 15 is 0 Å². The highest BCUT2D eigenvalue weighted by atomic mass is 16.5. The molecule has 1 saturated carbocycles. The fraction of sp³-hybridized carbons (Fsp3) is 0.312. The second kappa shape index (κ2) is 11.1. The predicted molar refractivity (Wildman–Crippen MR) is 152 cm³/mol. The minimum Gasteiger partial charge on any atom is -0.398 e. The summed E-state index contributed by atoms with van der Waals surface area (Å²) in [5, 5.41) is 1.02. The second-order valence-electron chi connectivity index (χ2n) is 10.1. The maximum Gasteiger partial charge on any atom is 0.168 e. The average molecular weight is 494 g/mol. The summed E-state index contributed by atoms with van der Waals surface area (Å²) in [5.74, 6) is 0.522. The average Bonchev–Trinajstić information content (AvgIpc) is 3.47. The second-order valence-corrected chi connectivity index (χ2v) is 10.1. The molecule has 5 heteroatoms. The number of likely N-dealkylation sites (N-methyl/N-ethyl adjacent to an activating group) is 1. The minimum absolute atomic E-state index is 0.0232. The number of Topliss-reactive ketones (excluding diaryl/α,β-unsaturated/α-hetero) is 1. The molecule has 1 aliphatic carbocycles. The van der Waals surface area contributed by atoms with Gasteiger partial charge in [0.1, 0.15) is 0 Å². The van der Waals surface area contributed by atoms with Gasteiger partial charge < -0.3 is 15.4 Å². The van der Waals surface area contributed by atoms with Gasteiger partial charge in [0, 0.05) is 61.2 Å². The maximum atomic E-state index is 13.4. The normalized spacial score (nSPS) is 13.8. The number of anilines is 2. The molecule has 5 nitrogen and oxygen atoms in total. The Bertz CT molecular complexity index is 1390. The molecular formula is C32H35N3O2. The van der Waals surface area contributed by atoms with E-state index in [0.29, 0.717) is 23.8 Å². The van der Waals surface area contributed by atoms with Gasteiger partial charge >= 0.3 is 0 Å². The molecular weight excluding hydrogens is 458 g/mol. The molecule has 37 heavy (non-hydrogen) atoms. The highest BCUT2D eigenvalue weighted by molar-refractivity contribution is 6.01. The Kier molecular flexibility index (Phi) is 7.52. The van der Waals surface area contributed by atoms with Gasteiger partial charge in [-0.3, -0.25) is 9.78 Å². The molecule has 0 saturated heterocycles. The summed E-state index contributed by atoms with van der Waals surface area (Å²) in [7, 11) is 3.85. The van der Waals surface area contributed by atoms with Gasteiger partial charge in [-0.2, -0.15) is 0 Å². The quantitative estimate of drug-likeness (QED) is 0.209. The number of nitrogen functional groups attached to an aromatic ring is 1. The van der Waals surface area contributed by atoms with Crippen LogP contribution in [0, 0.1) is 0 Å². The standard InChI is InChI=1S/C32H35N3O2/c1-35(16-17-37-2)29-15-13-25-19-27(21-34-32(25)31(29)23-10-6-7-11-23)30(36)20-26-18-24(12-14-28(26)33)22-8-4-3-5-9-22/h3-5,8-9,12-15,18-19,21,23H,6-7,10-11,16-17,20,33H2,1-2H3. The lowest BCUT2D eigenvalue weighted by Crippen LogP contribution is -2.24. The third-order valence-corrected chi connectivity index (χ3v) is 7.60. The van der Waals surface area contributed by atoms with Crippen molar-refractivity contribution in [2.45, 2.75) is 38.0 Å². The van der Waals surface area contributed by atoms with Crippen molar-refractivity contribution in [3.8, 4) is 11.1 Å². The Morgan fingerprint density at radius 2 is 1.81 bits per heavy atom. The van der Waals surface area contributed by atoms with Gasteiger partial charge in [-0.1, -0.05) is 55.3 Å². The monoisotopic (exact) mass is 493 g/mol. The third-order valence-electron chi connectivity index (χ3n) is 7.60. The number of rotatable bonds is 9. The van der Waals surface area contributed by atoms with Crippen molar-refractivity contribution in [3.63, 3.8) is 0 Å². The van der Waals surface area contributed by atoms with Gasteiger partial charge in [0.2, 0.25) is 0 Å². The van der Waals surface area contributed by atoms with Crippen LogP contribution in [0.2, 0.25) is 0 Å². The lowest BCUT2D eigenvalue weighted by Gasteiger charge is -2.26. The number of methoxy groups -OCH3 is 1. The molecule has 190 valence electrons. The molecule has 5 rings (SSSR count). The van der Waals surface area contributed by atoms with Crippen LogP contribution in [-0.2, 0) is 11.2 Å². The topological polar surface area (TPSA) is 68.5 Å². The first-order chi connectivity index (χ1) is 18.0. The molecule has 0 bridgehead atoms. The minimum atomic E-state index is 0.0232. The number of pyridine rings is 1. The molecule has 3 aromatic carbocycles. The zero-order valence-electron chi connectivity index (χ0n) is 21.7. The van der Waals surface area contributed by atoms with Gasteiger partial charge in [0.05, 0.1) is 12.1 Å². The van der Waals surface area contributed by atoms with Crippen LogP contribution in [0.4, 0.5) is 11.4 Å². The fourth-order valence-electron chi connectivity index (χ4n) is 5.51. The molecule has 0 atom stereocenters. The number of carbonyl (C=O) groups is 1. The molecule has 1 aromatic heterocycles. The van der Waals surface area contributed by atoms with Crippen molar-refractivity contribution in [3.05, 3.63) is 89.6 Å². The summed E-state index contributed by atoms with van der Waals surface area (Å²) in [6.45, 7) is 1.50. The van der Waals surface area contributed by atoms with E-state index in [1.54, 1.807) is 13.3 Å². The van der Waals surface area contributed by atoms with E-state index < -0.39 is 0 Å². The lowest BCUT2D eigenvalue weighted by atomic mass is 9.91. The highest BCUT2D eigenvalue weighted by Gasteiger charge is 2.25. The van der Waals surface area contributed by atoms with Crippen LogP contribution in [0.25, 0.3) is 22.0 Å². The van der Waals surface area contributed by atoms with Crippen molar-refractivity contribution >= 4 is 28.1 Å². The Morgan fingerprint density at radius 1 is 1.03 bits per heavy atom. The van der Waals surface area contributed by atoms with E-state index in [1.165, 1.54) is 36.9 Å². The van der Waals surface area contributed by atoms with E-state index in [-0.39, 0.29) is 12.2 Å². The number of nitrogens with two attached hydrogens (primary N) is 1. The van der Waals surface area contributed by atoms with Gasteiger partial charge in [0.25, 0.3) is 0 Å². The number of carbonyl (C=O) groups excluding carboxylic acids is 1. The molecule has 0 spiro atoms. The van der Waals surface area contributed by atoms with E-state index in [1.807, 2.05) is 42.5 Å². The number of hydrogen-bond acceptors (Lipinski definition) is 5. The molecule has 1 aliphatic rings. The fourth-order valence-corrected chi connectivity index (χ4v) is 5.51. The number of benzene rings is 3. The molecule has 4 aromatic rings. The summed E-state index contributed by atoms with van der Waals surface area (Å²) >= 11 is 0. The van der Waals surface area contributed by atoms with Gasteiger partial charge in [-0.25, -0.2) is 0 Å². The number of nitrogens with zero attached hydrogens (tertiary/aromatic N) is 2. The van der Waals surface area contributed by atoms with Gasteiger partial charge in [-0.15, -0.1) is 0 Å². The molecule has 0 radical (unpaired) electrons. The smallest absolute Gasteiger partial charge is 0.168 e. The molecule has 1 fully saturated rings. The van der Waals surface area contributed by atoms with Crippen LogP contribution in [0.5, 0.6) is 0 Å². The number of fused-ring (bicyclic) bond motifs is 1. The SMILES string of the molecule is COCCN(C)c1ccc2cc(C(=O)Cc3cc(-c4ccccc4)ccc3N)cnc2c1C1CCCC1. The van der Waals surface area contributed by atoms with Crippen LogP contribution >= 0.6 is 0 Å². The van der Waals surface area contributed by atoms with Crippen molar-refractivity contribution in [1.29, 1.82) is 0 Å². The van der Waals surface area contributed by atoms with Crippen LogP contribution in [-0.4, -0.2) is 38.1 Å². The van der Waals surface area contributed by atoms with Gasteiger partial charge in [-0.05, 0) is 59.7 Å².